The minimum atomic E-state index is -1.62. The molecule has 22 heavy (non-hydrogen) atoms. The topological polar surface area (TPSA) is 72.8 Å². The van der Waals surface area contributed by atoms with E-state index in [0.29, 0.717) is 6.42 Å². The van der Waals surface area contributed by atoms with Crippen LogP contribution in [0.2, 0.25) is 0 Å². The molecule has 0 bridgehead atoms. The fourth-order valence-corrected chi connectivity index (χ4v) is 5.33. The molecule has 0 aromatic carbocycles. The lowest BCUT2D eigenvalue weighted by atomic mass is 9.64. The second-order valence-corrected chi connectivity index (χ2v) is 7.94. The molecule has 0 unspecified atom stereocenters. The van der Waals surface area contributed by atoms with Crippen molar-refractivity contribution in [3.05, 3.63) is 12.2 Å². The number of allylic oxidation sites excluding steroid dienone is 2. The maximum atomic E-state index is 12.6. The van der Waals surface area contributed by atoms with Gasteiger partial charge in [0.05, 0.1) is 11.5 Å². The number of hydrogen-bond donors (Lipinski definition) is 1. The van der Waals surface area contributed by atoms with Crippen LogP contribution in [0, 0.1) is 28.6 Å². The Labute approximate surface area is 129 Å². The van der Waals surface area contributed by atoms with Crippen molar-refractivity contribution in [1.29, 1.82) is 0 Å². The first-order valence-corrected chi connectivity index (χ1v) is 7.98. The van der Waals surface area contributed by atoms with Gasteiger partial charge in [0.2, 0.25) is 0 Å². The van der Waals surface area contributed by atoms with Gasteiger partial charge in [0.1, 0.15) is 11.5 Å². The number of hydrogen-bond acceptors (Lipinski definition) is 5. The summed E-state index contributed by atoms with van der Waals surface area (Å²) in [6, 6.07) is 0. The van der Waals surface area contributed by atoms with E-state index in [9.17, 15) is 14.7 Å². The number of esters is 1. The highest BCUT2D eigenvalue weighted by Crippen LogP contribution is 2.64. The van der Waals surface area contributed by atoms with Gasteiger partial charge in [0, 0.05) is 5.92 Å². The molecular weight excluding hydrogens is 284 g/mol. The molecular formula is C17H22O5. The van der Waals surface area contributed by atoms with Crippen molar-refractivity contribution in [3.63, 3.8) is 0 Å². The second-order valence-electron chi connectivity index (χ2n) is 7.94. The third-order valence-corrected chi connectivity index (χ3v) is 6.88. The highest BCUT2D eigenvalue weighted by Gasteiger charge is 2.76. The largest absolute Gasteiger partial charge is 0.461 e. The predicted molar refractivity (Wildman–Crippen MR) is 76.5 cm³/mol. The van der Waals surface area contributed by atoms with Gasteiger partial charge in [-0.2, -0.15) is 0 Å². The molecule has 120 valence electrons. The van der Waals surface area contributed by atoms with Gasteiger partial charge in [0.25, 0.3) is 0 Å². The van der Waals surface area contributed by atoms with Crippen molar-refractivity contribution in [3.8, 4) is 0 Å². The van der Waals surface area contributed by atoms with Crippen LogP contribution < -0.4 is 0 Å². The summed E-state index contributed by atoms with van der Waals surface area (Å²) in [5.41, 5.74) is -1.86. The molecule has 4 aliphatic rings. The van der Waals surface area contributed by atoms with Crippen LogP contribution in [0.1, 0.15) is 34.1 Å². The summed E-state index contributed by atoms with van der Waals surface area (Å²) in [5, 5.41) is 10.8. The quantitative estimate of drug-likeness (QED) is 0.686. The van der Waals surface area contributed by atoms with Crippen LogP contribution in [-0.4, -0.2) is 34.9 Å². The predicted octanol–water partition coefficient (Wildman–Crippen LogP) is 1.44. The van der Waals surface area contributed by atoms with Crippen molar-refractivity contribution >= 4 is 11.8 Å². The lowest BCUT2D eigenvalue weighted by Gasteiger charge is -2.37. The first-order chi connectivity index (χ1) is 10.1. The highest BCUT2D eigenvalue weighted by molar-refractivity contribution is 5.98. The number of carbonyl (C=O) groups excluding carboxylic acids is 2. The van der Waals surface area contributed by atoms with E-state index < -0.39 is 28.7 Å². The molecule has 8 atom stereocenters. The number of fused-ring (bicyclic) bond motifs is 2. The van der Waals surface area contributed by atoms with Crippen molar-refractivity contribution in [1.82, 2.24) is 0 Å². The third kappa shape index (κ3) is 1.30. The molecule has 2 aliphatic heterocycles. The minimum Gasteiger partial charge on any atom is -0.461 e. The Morgan fingerprint density at radius 2 is 1.95 bits per heavy atom. The van der Waals surface area contributed by atoms with Crippen LogP contribution >= 0.6 is 0 Å². The number of ketones is 1. The maximum absolute atomic E-state index is 12.6. The van der Waals surface area contributed by atoms with E-state index in [4.69, 9.17) is 9.47 Å². The standard InChI is InChI=1S/C17H22O5/c1-8-7-10-12-13(15(2)9(8)5-6-11(15)18)22-17(4,20)16(12,3)14(19)21-10/h5-6,8-10,12-13,20H,7H2,1-4H3/t8-,9-,10+,12-,13-,15-,16-,17+/m1/s1. The molecule has 2 heterocycles. The molecule has 2 aliphatic carbocycles. The normalized spacial score (nSPS) is 59.2. The van der Waals surface area contributed by atoms with E-state index >= 15 is 0 Å². The number of carbonyl (C=O) groups is 2. The van der Waals surface area contributed by atoms with Gasteiger partial charge in [-0.05, 0) is 45.1 Å². The molecule has 0 aromatic heterocycles. The zero-order valence-corrected chi connectivity index (χ0v) is 13.3. The molecule has 3 fully saturated rings. The minimum absolute atomic E-state index is 0.0226. The Morgan fingerprint density at radius 3 is 2.64 bits per heavy atom. The Balaban J connectivity index is 1.92. The molecule has 5 heteroatoms. The van der Waals surface area contributed by atoms with E-state index in [1.807, 2.05) is 13.0 Å². The summed E-state index contributed by atoms with van der Waals surface area (Å²) < 4.78 is 11.6. The van der Waals surface area contributed by atoms with Gasteiger partial charge in [-0.3, -0.25) is 9.59 Å². The molecule has 0 spiro atoms. The summed E-state index contributed by atoms with van der Waals surface area (Å²) in [5.74, 6) is -2.04. The lowest BCUT2D eigenvalue weighted by molar-refractivity contribution is -0.239. The van der Waals surface area contributed by atoms with Crippen molar-refractivity contribution in [2.75, 3.05) is 0 Å². The average Bonchev–Trinajstić information content (AvgIpc) is 2.91. The smallest absolute Gasteiger partial charge is 0.318 e. The molecule has 4 rings (SSSR count). The van der Waals surface area contributed by atoms with E-state index in [1.54, 1.807) is 13.0 Å². The molecule has 1 N–H and O–H groups in total. The molecule has 0 aromatic rings. The van der Waals surface area contributed by atoms with E-state index in [1.165, 1.54) is 6.92 Å². The summed E-state index contributed by atoms with van der Waals surface area (Å²) in [6.07, 6.45) is 3.48. The maximum Gasteiger partial charge on any atom is 0.318 e. The van der Waals surface area contributed by atoms with Crippen LogP contribution in [-0.2, 0) is 19.1 Å². The number of ether oxygens (including phenoxy) is 2. The number of rotatable bonds is 0. The zero-order chi connectivity index (χ0) is 16.1. The monoisotopic (exact) mass is 306 g/mol. The number of aliphatic hydroxyl groups is 1. The molecule has 0 radical (unpaired) electrons. The second kappa shape index (κ2) is 3.82. The first-order valence-electron chi connectivity index (χ1n) is 7.98. The van der Waals surface area contributed by atoms with Gasteiger partial charge >= 0.3 is 5.97 Å². The summed E-state index contributed by atoms with van der Waals surface area (Å²) in [6.45, 7) is 7.23. The van der Waals surface area contributed by atoms with Crippen LogP contribution in [0.15, 0.2) is 12.2 Å². The SMILES string of the molecule is C[C@@H]1C[C@@H]2OC(=O)[C@@]3(C)[C@H]2[C@@H](O[C@]3(C)O)[C@@]2(C)C(=O)C=C[C@H]12. The van der Waals surface area contributed by atoms with Crippen LogP contribution in [0.3, 0.4) is 0 Å². The average molecular weight is 306 g/mol. The van der Waals surface area contributed by atoms with Gasteiger partial charge in [-0.1, -0.05) is 13.0 Å². The Bertz CT molecular complexity index is 608. The van der Waals surface area contributed by atoms with E-state index in [0.717, 1.165) is 0 Å². The first kappa shape index (κ1) is 14.4. The Hall–Kier alpha value is -1.20. The fourth-order valence-electron chi connectivity index (χ4n) is 5.33. The van der Waals surface area contributed by atoms with Crippen molar-refractivity contribution in [2.24, 2.45) is 28.6 Å². The van der Waals surface area contributed by atoms with Crippen molar-refractivity contribution < 1.29 is 24.2 Å². The van der Waals surface area contributed by atoms with E-state index in [-0.39, 0.29) is 29.6 Å². The molecule has 2 saturated heterocycles. The van der Waals surface area contributed by atoms with Crippen LogP contribution in [0.4, 0.5) is 0 Å². The van der Waals surface area contributed by atoms with Crippen LogP contribution in [0.25, 0.3) is 0 Å². The Morgan fingerprint density at radius 1 is 1.27 bits per heavy atom. The zero-order valence-electron chi connectivity index (χ0n) is 13.3. The lowest BCUT2D eigenvalue weighted by Crippen LogP contribution is -2.47. The fraction of sp³-hybridized carbons (Fsp3) is 0.765. The van der Waals surface area contributed by atoms with Crippen LogP contribution in [0.5, 0.6) is 0 Å². The summed E-state index contributed by atoms with van der Waals surface area (Å²) >= 11 is 0. The van der Waals surface area contributed by atoms with Gasteiger partial charge in [0.15, 0.2) is 11.6 Å². The molecule has 0 amide bonds. The third-order valence-electron chi connectivity index (χ3n) is 6.88. The summed E-state index contributed by atoms with van der Waals surface area (Å²) in [4.78, 5) is 25.1. The summed E-state index contributed by atoms with van der Waals surface area (Å²) in [7, 11) is 0. The van der Waals surface area contributed by atoms with Gasteiger partial charge < -0.3 is 14.6 Å². The van der Waals surface area contributed by atoms with Gasteiger partial charge in [-0.25, -0.2) is 0 Å². The van der Waals surface area contributed by atoms with Gasteiger partial charge in [-0.15, -0.1) is 0 Å². The molecule has 1 saturated carbocycles. The Kier molecular flexibility index (Phi) is 2.50. The van der Waals surface area contributed by atoms with E-state index in [2.05, 4.69) is 6.92 Å². The van der Waals surface area contributed by atoms with Crippen molar-refractivity contribution in [2.45, 2.75) is 52.1 Å². The highest BCUT2D eigenvalue weighted by atomic mass is 16.7. The molecule has 5 nitrogen and oxygen atoms in total.